The molecule has 0 atom stereocenters. The van der Waals surface area contributed by atoms with Crippen molar-refractivity contribution in [3.05, 3.63) is 64.7 Å². The second-order valence-corrected chi connectivity index (χ2v) is 6.99. The smallest absolute Gasteiger partial charge is 0.230 e. The number of hydrogen-bond acceptors (Lipinski definition) is 3. The molecular weight excluding hydrogens is 318 g/mol. The molecule has 0 aliphatic carbocycles. The maximum atomic E-state index is 11.8. The van der Waals surface area contributed by atoms with Gasteiger partial charge in [-0.15, -0.1) is 11.8 Å². The fraction of sp³-hybridized carbons (Fsp3) is 0.350. The van der Waals surface area contributed by atoms with Gasteiger partial charge in [0, 0.05) is 5.75 Å². The van der Waals surface area contributed by atoms with Gasteiger partial charge >= 0.3 is 0 Å². The van der Waals surface area contributed by atoms with Crippen LogP contribution < -0.4 is 10.1 Å². The lowest BCUT2D eigenvalue weighted by Crippen LogP contribution is -2.29. The Hall–Kier alpha value is -1.94. The first-order chi connectivity index (χ1) is 11.5. The van der Waals surface area contributed by atoms with Crippen LogP contribution in [0.15, 0.2) is 42.5 Å². The van der Waals surface area contributed by atoms with Crippen LogP contribution in [0.1, 0.15) is 22.3 Å². The number of amides is 1. The van der Waals surface area contributed by atoms with Gasteiger partial charge in [0.05, 0.1) is 12.3 Å². The summed E-state index contributed by atoms with van der Waals surface area (Å²) in [5.74, 6) is 2.22. The summed E-state index contributed by atoms with van der Waals surface area (Å²) in [6.45, 7) is 7.24. The molecule has 0 unspecified atom stereocenters. The summed E-state index contributed by atoms with van der Waals surface area (Å²) in [4.78, 5) is 11.8. The number of thioether (sulfide) groups is 1. The largest absolute Gasteiger partial charge is 0.492 e. The topological polar surface area (TPSA) is 38.3 Å². The summed E-state index contributed by atoms with van der Waals surface area (Å²) >= 11 is 1.64. The van der Waals surface area contributed by atoms with Gasteiger partial charge in [0.15, 0.2) is 0 Å². The van der Waals surface area contributed by atoms with E-state index in [0.717, 1.165) is 11.5 Å². The number of hydrogen-bond donors (Lipinski definition) is 1. The van der Waals surface area contributed by atoms with Gasteiger partial charge in [0.1, 0.15) is 12.4 Å². The summed E-state index contributed by atoms with van der Waals surface area (Å²) in [6, 6.07) is 14.4. The van der Waals surface area contributed by atoms with E-state index in [1.54, 1.807) is 11.8 Å². The quantitative estimate of drug-likeness (QED) is 0.735. The minimum Gasteiger partial charge on any atom is -0.492 e. The molecule has 24 heavy (non-hydrogen) atoms. The molecule has 0 bridgehead atoms. The van der Waals surface area contributed by atoms with Crippen molar-refractivity contribution in [2.24, 2.45) is 0 Å². The van der Waals surface area contributed by atoms with Crippen molar-refractivity contribution in [2.75, 3.05) is 18.9 Å². The lowest BCUT2D eigenvalue weighted by atomic mass is 10.1. The summed E-state index contributed by atoms with van der Waals surface area (Å²) < 4.78 is 5.62. The van der Waals surface area contributed by atoms with E-state index in [1.165, 1.54) is 22.3 Å². The van der Waals surface area contributed by atoms with Gasteiger partial charge in [-0.25, -0.2) is 0 Å². The molecule has 2 aromatic carbocycles. The minimum absolute atomic E-state index is 0.0530. The van der Waals surface area contributed by atoms with E-state index in [2.05, 4.69) is 37.4 Å². The number of benzene rings is 2. The number of ether oxygens (including phenoxy) is 1. The minimum atomic E-state index is 0.0530. The highest BCUT2D eigenvalue weighted by atomic mass is 32.2. The van der Waals surface area contributed by atoms with Crippen LogP contribution >= 0.6 is 11.8 Å². The van der Waals surface area contributed by atoms with Gasteiger partial charge in [-0.1, -0.05) is 41.5 Å². The zero-order valence-electron chi connectivity index (χ0n) is 14.6. The van der Waals surface area contributed by atoms with Crippen molar-refractivity contribution in [3.63, 3.8) is 0 Å². The summed E-state index contributed by atoms with van der Waals surface area (Å²) in [7, 11) is 0. The van der Waals surface area contributed by atoms with E-state index >= 15 is 0 Å². The third-order valence-electron chi connectivity index (χ3n) is 3.47. The second-order valence-electron chi connectivity index (χ2n) is 6.00. The summed E-state index contributed by atoms with van der Waals surface area (Å²) in [6.07, 6.45) is 0. The molecule has 0 heterocycles. The number of carbonyl (C=O) groups is 1. The Labute approximate surface area is 148 Å². The molecule has 2 rings (SSSR count). The van der Waals surface area contributed by atoms with Crippen LogP contribution in [0.2, 0.25) is 0 Å². The molecule has 1 N–H and O–H groups in total. The standard InChI is InChI=1S/C20H25NO2S/c1-15-5-4-6-19(12-15)23-8-7-21-20(22)14-24-13-18-10-16(2)9-17(3)11-18/h4-6,9-12H,7-8,13-14H2,1-3H3,(H,21,22). The van der Waals surface area contributed by atoms with Crippen LogP contribution in [0.3, 0.4) is 0 Å². The third-order valence-corrected chi connectivity index (χ3v) is 4.47. The van der Waals surface area contributed by atoms with Crippen LogP contribution in [0, 0.1) is 20.8 Å². The first-order valence-corrected chi connectivity index (χ1v) is 9.29. The lowest BCUT2D eigenvalue weighted by Gasteiger charge is -2.08. The molecule has 3 nitrogen and oxygen atoms in total. The maximum absolute atomic E-state index is 11.8. The molecule has 0 aliphatic rings. The van der Waals surface area contributed by atoms with Crippen molar-refractivity contribution in [3.8, 4) is 5.75 Å². The predicted octanol–water partition coefficient (Wildman–Crippen LogP) is 4.04. The first-order valence-electron chi connectivity index (χ1n) is 8.14. The predicted molar refractivity (Wildman–Crippen MR) is 102 cm³/mol. The average molecular weight is 343 g/mol. The number of aryl methyl sites for hydroxylation is 3. The molecule has 1 amide bonds. The van der Waals surface area contributed by atoms with Gasteiger partial charge in [-0.2, -0.15) is 0 Å². The number of carbonyl (C=O) groups excluding carboxylic acids is 1. The molecule has 0 aliphatic heterocycles. The van der Waals surface area contributed by atoms with Gasteiger partial charge in [0.25, 0.3) is 0 Å². The van der Waals surface area contributed by atoms with Crippen LogP contribution in [0.4, 0.5) is 0 Å². The molecule has 2 aromatic rings. The van der Waals surface area contributed by atoms with Crippen LogP contribution in [-0.2, 0) is 10.5 Å². The van der Waals surface area contributed by atoms with Crippen LogP contribution in [-0.4, -0.2) is 24.8 Å². The highest BCUT2D eigenvalue weighted by molar-refractivity contribution is 7.99. The molecule has 0 radical (unpaired) electrons. The zero-order chi connectivity index (χ0) is 17.4. The van der Waals surface area contributed by atoms with Crippen molar-refractivity contribution in [2.45, 2.75) is 26.5 Å². The fourth-order valence-corrected chi connectivity index (χ4v) is 3.32. The highest BCUT2D eigenvalue weighted by Gasteiger charge is 2.03. The Morgan fingerprint density at radius 2 is 1.79 bits per heavy atom. The average Bonchev–Trinajstić information content (AvgIpc) is 2.51. The fourth-order valence-electron chi connectivity index (χ4n) is 2.53. The SMILES string of the molecule is Cc1cc(C)cc(CSCC(=O)NCCOc2cccc(C)c2)c1. The van der Waals surface area contributed by atoms with Crippen molar-refractivity contribution in [1.82, 2.24) is 5.32 Å². The van der Waals surface area contributed by atoms with Gasteiger partial charge in [-0.05, 0) is 44.0 Å². The highest BCUT2D eigenvalue weighted by Crippen LogP contribution is 2.15. The monoisotopic (exact) mass is 343 g/mol. The molecule has 0 saturated heterocycles. The van der Waals surface area contributed by atoms with Crippen molar-refractivity contribution >= 4 is 17.7 Å². The van der Waals surface area contributed by atoms with Gasteiger partial charge < -0.3 is 10.1 Å². The third kappa shape index (κ3) is 6.67. The Morgan fingerprint density at radius 3 is 2.50 bits per heavy atom. The van der Waals surface area contributed by atoms with Crippen molar-refractivity contribution in [1.29, 1.82) is 0 Å². The molecule has 0 aromatic heterocycles. The molecule has 0 saturated carbocycles. The summed E-state index contributed by atoms with van der Waals surface area (Å²) in [5.41, 5.74) is 4.97. The van der Waals surface area contributed by atoms with E-state index in [0.29, 0.717) is 18.9 Å². The molecule has 0 spiro atoms. The maximum Gasteiger partial charge on any atom is 0.230 e. The van der Waals surface area contributed by atoms with Gasteiger partial charge in [-0.3, -0.25) is 4.79 Å². The Kier molecular flexibility index (Phi) is 7.19. The molecular formula is C20H25NO2S. The van der Waals surface area contributed by atoms with Crippen LogP contribution in [0.5, 0.6) is 5.75 Å². The lowest BCUT2D eigenvalue weighted by molar-refractivity contribution is -0.118. The van der Waals surface area contributed by atoms with E-state index in [9.17, 15) is 4.79 Å². The Bertz CT molecular complexity index is 665. The van der Waals surface area contributed by atoms with Crippen molar-refractivity contribution < 1.29 is 9.53 Å². The van der Waals surface area contributed by atoms with E-state index < -0.39 is 0 Å². The van der Waals surface area contributed by atoms with E-state index in [-0.39, 0.29) is 5.91 Å². The number of rotatable bonds is 8. The molecule has 4 heteroatoms. The normalized spacial score (nSPS) is 10.5. The van der Waals surface area contributed by atoms with Crippen LogP contribution in [0.25, 0.3) is 0 Å². The van der Waals surface area contributed by atoms with E-state index in [4.69, 9.17) is 4.74 Å². The first kappa shape index (κ1) is 18.4. The number of nitrogens with one attached hydrogen (secondary N) is 1. The zero-order valence-corrected chi connectivity index (χ0v) is 15.4. The summed E-state index contributed by atoms with van der Waals surface area (Å²) in [5, 5.41) is 2.89. The second kappa shape index (κ2) is 9.38. The Morgan fingerprint density at radius 1 is 1.04 bits per heavy atom. The molecule has 128 valence electrons. The Balaban J connectivity index is 1.61. The molecule has 0 fully saturated rings. The van der Waals surface area contributed by atoms with E-state index in [1.807, 2.05) is 31.2 Å². The van der Waals surface area contributed by atoms with Gasteiger partial charge in [0.2, 0.25) is 5.91 Å².